The number of rotatable bonds is 4. The Morgan fingerprint density at radius 3 is 2.88 bits per heavy atom. The van der Waals surface area contributed by atoms with E-state index in [1.807, 2.05) is 6.92 Å². The second kappa shape index (κ2) is 5.91. The topological polar surface area (TPSA) is 51.4 Å². The van der Waals surface area contributed by atoms with Crippen molar-refractivity contribution in [3.8, 4) is 0 Å². The van der Waals surface area contributed by atoms with Gasteiger partial charge in [0.05, 0.1) is 11.7 Å². The van der Waals surface area contributed by atoms with E-state index in [4.69, 9.17) is 10.5 Å². The van der Waals surface area contributed by atoms with Crippen molar-refractivity contribution in [1.82, 2.24) is 9.88 Å². The molecule has 2 heterocycles. The Bertz CT molecular complexity index is 347. The number of hydrogen-bond acceptors (Lipinski definition) is 5. The molecule has 1 atom stereocenters. The maximum atomic E-state index is 5.82. The Morgan fingerprint density at radius 1 is 1.59 bits per heavy atom. The molecule has 0 aliphatic carbocycles. The molecule has 96 valence electrons. The number of hydrogen-bond donors (Lipinski definition) is 1. The van der Waals surface area contributed by atoms with Crippen LogP contribution in [0.2, 0.25) is 0 Å². The van der Waals surface area contributed by atoms with Crippen molar-refractivity contribution in [3.63, 3.8) is 0 Å². The third kappa shape index (κ3) is 3.48. The van der Waals surface area contributed by atoms with Crippen LogP contribution in [-0.4, -0.2) is 36.2 Å². The highest BCUT2D eigenvalue weighted by Gasteiger charge is 2.19. The summed E-state index contributed by atoms with van der Waals surface area (Å²) in [6.45, 7) is 4.66. The summed E-state index contributed by atoms with van der Waals surface area (Å²) in [5.74, 6) is 0. The van der Waals surface area contributed by atoms with E-state index in [2.05, 4.69) is 22.3 Å². The molecular weight excluding hydrogens is 234 g/mol. The summed E-state index contributed by atoms with van der Waals surface area (Å²) >= 11 is 1.66. The summed E-state index contributed by atoms with van der Waals surface area (Å²) in [6.07, 6.45) is 2.25. The minimum Gasteiger partial charge on any atom is -0.381 e. The number of ether oxygens (including phenoxy) is 1. The average Bonchev–Trinajstić information content (AvgIpc) is 2.79. The lowest BCUT2D eigenvalue weighted by atomic mass is 10.1. The van der Waals surface area contributed by atoms with Crippen molar-refractivity contribution >= 4 is 11.3 Å². The van der Waals surface area contributed by atoms with Crippen molar-refractivity contribution < 1.29 is 4.74 Å². The molecule has 2 N–H and O–H groups in total. The number of aromatic nitrogens is 1. The number of nitrogens with two attached hydrogens (primary N) is 1. The molecule has 1 fully saturated rings. The number of thiazole rings is 1. The number of nitrogens with zero attached hydrogens (tertiary/aromatic N) is 2. The highest BCUT2D eigenvalue weighted by atomic mass is 32.1. The van der Waals surface area contributed by atoms with E-state index in [1.165, 1.54) is 0 Å². The lowest BCUT2D eigenvalue weighted by Gasteiger charge is -2.30. The van der Waals surface area contributed by atoms with E-state index in [9.17, 15) is 0 Å². The van der Waals surface area contributed by atoms with Gasteiger partial charge in [0.25, 0.3) is 0 Å². The van der Waals surface area contributed by atoms with Gasteiger partial charge < -0.3 is 10.5 Å². The smallest absolute Gasteiger partial charge is 0.109 e. The van der Waals surface area contributed by atoms with Crippen molar-refractivity contribution in [2.24, 2.45) is 5.73 Å². The molecule has 0 aromatic carbocycles. The fourth-order valence-electron chi connectivity index (χ4n) is 2.11. The lowest BCUT2D eigenvalue weighted by molar-refractivity contribution is 0.0403. The Balaban J connectivity index is 1.90. The van der Waals surface area contributed by atoms with Crippen molar-refractivity contribution in [3.05, 3.63) is 16.1 Å². The third-order valence-corrected chi connectivity index (χ3v) is 4.28. The zero-order valence-electron chi connectivity index (χ0n) is 10.6. The summed E-state index contributed by atoms with van der Waals surface area (Å²) in [5, 5.41) is 3.15. The first kappa shape index (κ1) is 13.0. The minimum absolute atomic E-state index is 0.0436. The largest absolute Gasteiger partial charge is 0.381 e. The van der Waals surface area contributed by atoms with Gasteiger partial charge in [-0.25, -0.2) is 4.98 Å². The van der Waals surface area contributed by atoms with Gasteiger partial charge in [0, 0.05) is 31.2 Å². The quantitative estimate of drug-likeness (QED) is 0.891. The Hall–Kier alpha value is -0.490. The highest BCUT2D eigenvalue weighted by Crippen LogP contribution is 2.19. The Kier molecular flexibility index (Phi) is 4.50. The first-order valence-electron chi connectivity index (χ1n) is 6.14. The molecule has 0 saturated carbocycles. The van der Waals surface area contributed by atoms with Crippen LogP contribution in [0.15, 0.2) is 5.38 Å². The van der Waals surface area contributed by atoms with E-state index >= 15 is 0 Å². The monoisotopic (exact) mass is 255 g/mol. The molecule has 4 nitrogen and oxygen atoms in total. The molecule has 1 aliphatic rings. The highest BCUT2D eigenvalue weighted by molar-refractivity contribution is 7.09. The van der Waals surface area contributed by atoms with Crippen LogP contribution in [0.3, 0.4) is 0 Å². The molecule has 1 aromatic heterocycles. The predicted octanol–water partition coefficient (Wildman–Crippen LogP) is 1.77. The van der Waals surface area contributed by atoms with Crippen molar-refractivity contribution in [1.29, 1.82) is 0 Å². The van der Waals surface area contributed by atoms with Gasteiger partial charge in [-0.2, -0.15) is 0 Å². The molecule has 1 unspecified atom stereocenters. The molecule has 5 heteroatoms. The van der Waals surface area contributed by atoms with Crippen LogP contribution < -0.4 is 5.73 Å². The van der Waals surface area contributed by atoms with Crippen LogP contribution in [0.4, 0.5) is 0 Å². The van der Waals surface area contributed by atoms with Crippen LogP contribution in [0.5, 0.6) is 0 Å². The van der Waals surface area contributed by atoms with Crippen LogP contribution in [0.25, 0.3) is 0 Å². The Morgan fingerprint density at radius 2 is 2.29 bits per heavy atom. The molecule has 1 saturated heterocycles. The van der Waals surface area contributed by atoms with Crippen molar-refractivity contribution in [2.45, 2.75) is 38.4 Å². The summed E-state index contributed by atoms with van der Waals surface area (Å²) in [6, 6.07) is 0.673. The molecule has 0 bridgehead atoms. The summed E-state index contributed by atoms with van der Waals surface area (Å²) in [5.41, 5.74) is 6.95. The van der Waals surface area contributed by atoms with Gasteiger partial charge in [-0.05, 0) is 26.8 Å². The van der Waals surface area contributed by atoms with Crippen LogP contribution in [0, 0.1) is 0 Å². The third-order valence-electron chi connectivity index (χ3n) is 3.18. The van der Waals surface area contributed by atoms with E-state index in [0.29, 0.717) is 6.04 Å². The van der Waals surface area contributed by atoms with Gasteiger partial charge in [-0.3, -0.25) is 4.90 Å². The van der Waals surface area contributed by atoms with E-state index in [1.54, 1.807) is 11.3 Å². The van der Waals surface area contributed by atoms with Gasteiger partial charge >= 0.3 is 0 Å². The lowest BCUT2D eigenvalue weighted by Crippen LogP contribution is -2.36. The molecular formula is C12H21N3OS. The minimum atomic E-state index is 0.0436. The maximum Gasteiger partial charge on any atom is 0.109 e. The summed E-state index contributed by atoms with van der Waals surface area (Å²) in [7, 11) is 2.17. The van der Waals surface area contributed by atoms with E-state index in [-0.39, 0.29) is 6.04 Å². The molecule has 0 spiro atoms. The van der Waals surface area contributed by atoms with Crippen LogP contribution in [0.1, 0.15) is 36.5 Å². The first-order chi connectivity index (χ1) is 8.16. The SMILES string of the molecule is CC(N)c1nc(CN(C)C2CCOCC2)cs1. The average molecular weight is 255 g/mol. The summed E-state index contributed by atoms with van der Waals surface area (Å²) in [4.78, 5) is 6.94. The van der Waals surface area contributed by atoms with Gasteiger partial charge in [0.1, 0.15) is 5.01 Å². The molecule has 0 radical (unpaired) electrons. The zero-order chi connectivity index (χ0) is 12.3. The van der Waals surface area contributed by atoms with Crippen molar-refractivity contribution in [2.75, 3.05) is 20.3 Å². The van der Waals surface area contributed by atoms with E-state index in [0.717, 1.165) is 43.3 Å². The molecule has 17 heavy (non-hydrogen) atoms. The fourth-order valence-corrected chi connectivity index (χ4v) is 2.88. The van der Waals surface area contributed by atoms with Gasteiger partial charge in [-0.1, -0.05) is 0 Å². The van der Waals surface area contributed by atoms with Gasteiger partial charge in [0.15, 0.2) is 0 Å². The molecule has 1 aliphatic heterocycles. The molecule has 1 aromatic rings. The molecule has 0 amide bonds. The second-order valence-electron chi connectivity index (χ2n) is 4.72. The fraction of sp³-hybridized carbons (Fsp3) is 0.750. The standard InChI is InChI=1S/C12H21N3OS/c1-9(13)12-14-10(8-17-12)7-15(2)11-3-5-16-6-4-11/h8-9,11H,3-7,13H2,1-2H3. The first-order valence-corrected chi connectivity index (χ1v) is 7.02. The van der Waals surface area contributed by atoms with Crippen LogP contribution >= 0.6 is 11.3 Å². The normalized spacial score (nSPS) is 19.8. The van der Waals surface area contributed by atoms with E-state index < -0.39 is 0 Å². The zero-order valence-corrected chi connectivity index (χ0v) is 11.4. The van der Waals surface area contributed by atoms with Gasteiger partial charge in [-0.15, -0.1) is 11.3 Å². The maximum absolute atomic E-state index is 5.82. The summed E-state index contributed by atoms with van der Waals surface area (Å²) < 4.78 is 5.38. The predicted molar refractivity (Wildman–Crippen MR) is 70.0 cm³/mol. The molecule has 2 rings (SSSR count). The Labute approximate surface area is 107 Å². The second-order valence-corrected chi connectivity index (χ2v) is 5.61. The van der Waals surface area contributed by atoms with Gasteiger partial charge in [0.2, 0.25) is 0 Å². The van der Waals surface area contributed by atoms with Crippen LogP contribution in [-0.2, 0) is 11.3 Å².